The summed E-state index contributed by atoms with van der Waals surface area (Å²) in [6.45, 7) is 5.63. The first-order valence-electron chi connectivity index (χ1n) is 12.4. The third-order valence-electron chi connectivity index (χ3n) is 6.15. The van der Waals surface area contributed by atoms with Crippen LogP contribution in [-0.4, -0.2) is 31.0 Å². The van der Waals surface area contributed by atoms with Gasteiger partial charge in [-0.2, -0.15) is 9.78 Å². The highest BCUT2D eigenvalue weighted by Gasteiger charge is 2.28. The van der Waals surface area contributed by atoms with Crippen molar-refractivity contribution in [2.24, 2.45) is 5.41 Å². The molecule has 204 valence electrons. The Kier molecular flexibility index (Phi) is 7.55. The molecule has 5 aromatic rings. The summed E-state index contributed by atoms with van der Waals surface area (Å²) in [6.07, 6.45) is 7.69. The van der Waals surface area contributed by atoms with E-state index in [0.717, 1.165) is 10.4 Å². The fourth-order valence-corrected chi connectivity index (χ4v) is 5.07. The summed E-state index contributed by atoms with van der Waals surface area (Å²) in [4.78, 5) is 45.0. The molecular formula is C29H26ClN5O4S. The highest BCUT2D eigenvalue weighted by molar-refractivity contribution is 7.16. The topological polar surface area (TPSA) is 112 Å². The summed E-state index contributed by atoms with van der Waals surface area (Å²) < 4.78 is 8.35. The summed E-state index contributed by atoms with van der Waals surface area (Å²) >= 11 is 7.51. The van der Waals surface area contributed by atoms with E-state index >= 15 is 0 Å². The number of nitrogens with zero attached hydrogens (tertiary/aromatic N) is 4. The number of aromatic nitrogens is 4. The average molecular weight is 576 g/mol. The Bertz CT molecular complexity index is 1730. The first kappa shape index (κ1) is 27.3. The maximum absolute atomic E-state index is 13.7. The minimum absolute atomic E-state index is 0.198. The number of carbonyl (C=O) groups excluding carboxylic acids is 2. The van der Waals surface area contributed by atoms with Gasteiger partial charge in [0.05, 0.1) is 34.8 Å². The van der Waals surface area contributed by atoms with E-state index in [4.69, 9.17) is 16.0 Å². The first-order valence-corrected chi connectivity index (χ1v) is 13.6. The maximum atomic E-state index is 13.7. The molecule has 0 amide bonds. The second-order valence-electron chi connectivity index (χ2n) is 10.2. The molecule has 0 saturated heterocycles. The second kappa shape index (κ2) is 11.1. The summed E-state index contributed by atoms with van der Waals surface area (Å²) in [5.74, 6) is -0.0838. The normalized spacial score (nSPS) is 11.5. The van der Waals surface area contributed by atoms with E-state index in [1.807, 2.05) is 24.3 Å². The van der Waals surface area contributed by atoms with Gasteiger partial charge in [0.2, 0.25) is 0 Å². The van der Waals surface area contributed by atoms with E-state index in [1.165, 1.54) is 33.1 Å². The van der Waals surface area contributed by atoms with Crippen LogP contribution in [0.15, 0.2) is 82.8 Å². The predicted octanol–water partition coefficient (Wildman–Crippen LogP) is 6.26. The van der Waals surface area contributed by atoms with Gasteiger partial charge in [0.1, 0.15) is 17.8 Å². The van der Waals surface area contributed by atoms with E-state index in [0.29, 0.717) is 33.5 Å². The average Bonchev–Trinajstić information content (AvgIpc) is 3.69. The minimum atomic E-state index is -0.734. The molecule has 0 aliphatic rings. The Morgan fingerprint density at radius 1 is 1.07 bits per heavy atom. The van der Waals surface area contributed by atoms with Gasteiger partial charge in [0.15, 0.2) is 5.78 Å². The van der Waals surface area contributed by atoms with E-state index in [9.17, 15) is 14.4 Å². The van der Waals surface area contributed by atoms with Crippen molar-refractivity contribution in [2.75, 3.05) is 5.32 Å². The maximum Gasteiger partial charge on any atom is 0.260 e. The molecule has 0 unspecified atom stereocenters. The van der Waals surface area contributed by atoms with Gasteiger partial charge in [-0.05, 0) is 47.5 Å². The Morgan fingerprint density at radius 2 is 1.85 bits per heavy atom. The molecule has 0 radical (unpaired) electrons. The number of Topliss-reactive ketones (excluding diaryl/α,β-unsaturated/α-hetero) is 1. The largest absolute Gasteiger partial charge is 0.472 e. The zero-order valence-corrected chi connectivity index (χ0v) is 23.6. The van der Waals surface area contributed by atoms with Crippen molar-refractivity contribution in [3.8, 4) is 22.4 Å². The fourth-order valence-electron chi connectivity index (χ4n) is 4.04. The van der Waals surface area contributed by atoms with Crippen molar-refractivity contribution in [1.82, 2.24) is 19.3 Å². The van der Waals surface area contributed by atoms with Crippen LogP contribution in [-0.2, 0) is 13.1 Å². The molecule has 11 heteroatoms. The van der Waals surface area contributed by atoms with Gasteiger partial charge in [0, 0.05) is 34.9 Å². The molecule has 0 aliphatic carbocycles. The van der Waals surface area contributed by atoms with Gasteiger partial charge in [-0.3, -0.25) is 19.4 Å². The monoisotopic (exact) mass is 575 g/mol. The van der Waals surface area contributed by atoms with Crippen molar-refractivity contribution >= 4 is 40.4 Å². The highest BCUT2D eigenvalue weighted by atomic mass is 35.5. The Hall–Kier alpha value is -4.28. The Labute approximate surface area is 239 Å². The van der Waals surface area contributed by atoms with Gasteiger partial charge >= 0.3 is 0 Å². The standard InChI is InChI=1S/C29H26ClN5O4S/c1-29(2,3)28(38)35-26(32-14-21-4-5-25(30)40-21)13-23(33-35)22-12-20(18-6-9-31-10-7-18)15-34(27(22)37)16-24(36)19-8-11-39-17-19/h4-13,15,17,32H,14,16H2,1-3H3. The molecule has 40 heavy (non-hydrogen) atoms. The summed E-state index contributed by atoms with van der Waals surface area (Å²) in [5, 5.41) is 7.85. The Balaban J connectivity index is 1.61. The summed E-state index contributed by atoms with van der Waals surface area (Å²) in [5.41, 5.74) is 1.26. The van der Waals surface area contributed by atoms with E-state index in [1.54, 1.807) is 57.6 Å². The third kappa shape index (κ3) is 5.83. The molecule has 0 atom stereocenters. The lowest BCUT2D eigenvalue weighted by molar-refractivity contribution is 0.0752. The number of carbonyl (C=O) groups is 2. The van der Waals surface area contributed by atoms with Gasteiger partial charge < -0.3 is 14.3 Å². The fraction of sp³-hybridized carbons (Fsp3) is 0.207. The predicted molar refractivity (Wildman–Crippen MR) is 155 cm³/mol. The smallest absolute Gasteiger partial charge is 0.260 e. The lowest BCUT2D eigenvalue weighted by Gasteiger charge is -2.18. The van der Waals surface area contributed by atoms with Gasteiger partial charge in [-0.15, -0.1) is 11.3 Å². The van der Waals surface area contributed by atoms with E-state index in [2.05, 4.69) is 15.4 Å². The van der Waals surface area contributed by atoms with E-state index in [-0.39, 0.29) is 23.8 Å². The minimum Gasteiger partial charge on any atom is -0.472 e. The van der Waals surface area contributed by atoms with Crippen LogP contribution in [0.3, 0.4) is 0 Å². The number of hydrogen-bond donors (Lipinski definition) is 1. The first-order chi connectivity index (χ1) is 19.1. The number of anilines is 1. The van der Waals surface area contributed by atoms with Gasteiger partial charge in [-0.25, -0.2) is 0 Å². The van der Waals surface area contributed by atoms with Crippen molar-refractivity contribution < 1.29 is 14.0 Å². The molecule has 0 fully saturated rings. The molecule has 0 saturated carbocycles. The SMILES string of the molecule is CC(C)(C)C(=O)n1nc(-c2cc(-c3ccncc3)cn(CC(=O)c3ccoc3)c2=O)cc1NCc1ccc(Cl)s1. The number of halogens is 1. The van der Waals surface area contributed by atoms with Crippen molar-refractivity contribution in [1.29, 1.82) is 0 Å². The van der Waals surface area contributed by atoms with Gasteiger partial charge in [0.25, 0.3) is 11.5 Å². The van der Waals surface area contributed by atoms with Crippen molar-refractivity contribution in [3.63, 3.8) is 0 Å². The Morgan fingerprint density at radius 3 is 2.50 bits per heavy atom. The molecular weight excluding hydrogens is 550 g/mol. The molecule has 5 heterocycles. The van der Waals surface area contributed by atoms with Crippen LogP contribution in [0, 0.1) is 5.41 Å². The molecule has 0 spiro atoms. The van der Waals surface area contributed by atoms with Crippen LogP contribution in [0.4, 0.5) is 5.82 Å². The lowest BCUT2D eigenvalue weighted by Crippen LogP contribution is -2.29. The number of pyridine rings is 2. The summed E-state index contributed by atoms with van der Waals surface area (Å²) in [7, 11) is 0. The van der Waals surface area contributed by atoms with Gasteiger partial charge in [-0.1, -0.05) is 32.4 Å². The summed E-state index contributed by atoms with van der Waals surface area (Å²) in [6, 6.07) is 12.3. The quantitative estimate of drug-likeness (QED) is 0.217. The molecule has 0 bridgehead atoms. The van der Waals surface area contributed by atoms with Crippen molar-refractivity contribution in [3.05, 3.63) is 98.7 Å². The van der Waals surface area contributed by atoms with E-state index < -0.39 is 11.0 Å². The van der Waals surface area contributed by atoms with Crippen LogP contribution in [0.1, 0.15) is 40.8 Å². The number of furan rings is 1. The lowest BCUT2D eigenvalue weighted by atomic mass is 9.96. The molecule has 5 aromatic heterocycles. The number of ketones is 1. The number of thiophene rings is 1. The van der Waals surface area contributed by atoms with Crippen LogP contribution in [0.2, 0.25) is 4.34 Å². The third-order valence-corrected chi connectivity index (χ3v) is 7.38. The van der Waals surface area contributed by atoms with Crippen molar-refractivity contribution in [2.45, 2.75) is 33.9 Å². The number of hydrogen-bond acceptors (Lipinski definition) is 8. The molecule has 9 nitrogen and oxygen atoms in total. The molecule has 0 aromatic carbocycles. The second-order valence-corrected chi connectivity index (χ2v) is 12.0. The molecule has 0 aliphatic heterocycles. The zero-order valence-electron chi connectivity index (χ0n) is 22.1. The zero-order chi connectivity index (χ0) is 28.4. The molecule has 5 rings (SSSR count). The van der Waals surface area contributed by atoms with Crippen LogP contribution in [0.25, 0.3) is 22.4 Å². The van der Waals surface area contributed by atoms with Crippen LogP contribution in [0.5, 0.6) is 0 Å². The number of nitrogens with one attached hydrogen (secondary N) is 1. The number of rotatable bonds is 8. The molecule has 1 N–H and O–H groups in total. The van der Waals surface area contributed by atoms with Crippen LogP contribution >= 0.6 is 22.9 Å². The van der Waals surface area contributed by atoms with Crippen LogP contribution < -0.4 is 10.9 Å². The highest BCUT2D eigenvalue weighted by Crippen LogP contribution is 2.28.